The van der Waals surface area contributed by atoms with Crippen LogP contribution in [0.15, 0.2) is 34.7 Å². The smallest absolute Gasteiger partial charge is 0.251 e. The predicted molar refractivity (Wildman–Crippen MR) is 84.0 cm³/mol. The molecule has 4 rings (SSSR count). The van der Waals surface area contributed by atoms with E-state index < -0.39 is 0 Å². The Kier molecular flexibility index (Phi) is 3.38. The number of rotatable bonds is 3. The van der Waals surface area contributed by atoms with Crippen molar-refractivity contribution < 1.29 is 13.9 Å². The fourth-order valence-corrected chi connectivity index (χ4v) is 2.85. The molecular formula is C17H17N3O3. The van der Waals surface area contributed by atoms with Crippen molar-refractivity contribution in [2.24, 2.45) is 0 Å². The summed E-state index contributed by atoms with van der Waals surface area (Å²) in [7, 11) is 0. The molecule has 1 aliphatic rings. The number of carbonyl (C=O) groups excluding carboxylic acids is 1. The first-order valence-corrected chi connectivity index (χ1v) is 7.61. The number of hydrogen-bond acceptors (Lipinski definition) is 4. The summed E-state index contributed by atoms with van der Waals surface area (Å²) in [6.45, 7) is 4.27. The fraction of sp³-hybridized carbons (Fsp3) is 0.294. The lowest BCUT2D eigenvalue weighted by molar-refractivity contribution is 0.0830. The third-order valence-electron chi connectivity index (χ3n) is 4.00. The molecule has 0 saturated carbocycles. The van der Waals surface area contributed by atoms with Crippen molar-refractivity contribution in [1.29, 1.82) is 0 Å². The van der Waals surface area contributed by atoms with Gasteiger partial charge >= 0.3 is 0 Å². The molecule has 0 atom stereocenters. The second-order valence-electron chi connectivity index (χ2n) is 5.63. The van der Waals surface area contributed by atoms with Crippen molar-refractivity contribution in [1.82, 2.24) is 14.9 Å². The molecule has 2 aromatic heterocycles. The minimum absolute atomic E-state index is 0.136. The fourth-order valence-electron chi connectivity index (χ4n) is 2.85. The molecule has 118 valence electrons. The maximum Gasteiger partial charge on any atom is 0.251 e. The highest BCUT2D eigenvalue weighted by Gasteiger charge is 2.16. The van der Waals surface area contributed by atoms with Crippen LogP contribution in [0.5, 0.6) is 0 Å². The Morgan fingerprint density at radius 2 is 2.26 bits per heavy atom. The molecular weight excluding hydrogens is 294 g/mol. The van der Waals surface area contributed by atoms with Crippen LogP contribution in [-0.2, 0) is 24.4 Å². The van der Waals surface area contributed by atoms with Crippen LogP contribution < -0.4 is 5.32 Å². The molecule has 6 nitrogen and oxygen atoms in total. The lowest BCUT2D eigenvalue weighted by atomic mass is 10.2. The summed E-state index contributed by atoms with van der Waals surface area (Å²) in [5.41, 5.74) is 2.46. The Bertz CT molecular complexity index is 878. The van der Waals surface area contributed by atoms with Gasteiger partial charge in [0, 0.05) is 12.1 Å². The lowest BCUT2D eigenvalue weighted by Gasteiger charge is -2.14. The van der Waals surface area contributed by atoms with Crippen LogP contribution in [0.3, 0.4) is 0 Å². The molecule has 0 aliphatic carbocycles. The van der Waals surface area contributed by atoms with Crippen molar-refractivity contribution in [2.45, 2.75) is 26.6 Å². The van der Waals surface area contributed by atoms with Gasteiger partial charge in [-0.15, -0.1) is 0 Å². The quantitative estimate of drug-likeness (QED) is 0.806. The summed E-state index contributed by atoms with van der Waals surface area (Å²) in [6.07, 6.45) is 0. The molecule has 6 heteroatoms. The van der Waals surface area contributed by atoms with E-state index in [4.69, 9.17) is 9.15 Å². The zero-order chi connectivity index (χ0) is 15.8. The highest BCUT2D eigenvalue weighted by Crippen LogP contribution is 2.21. The monoisotopic (exact) mass is 311 g/mol. The van der Waals surface area contributed by atoms with Crippen LogP contribution in [-0.4, -0.2) is 22.1 Å². The molecule has 0 bridgehead atoms. The Morgan fingerprint density at radius 1 is 1.35 bits per heavy atom. The van der Waals surface area contributed by atoms with Crippen LogP contribution in [0, 0.1) is 6.92 Å². The average molecular weight is 311 g/mol. The van der Waals surface area contributed by atoms with E-state index in [0.717, 1.165) is 34.9 Å². The predicted octanol–water partition coefficient (Wildman–Crippen LogP) is 2.40. The molecule has 1 amide bonds. The molecule has 0 fully saturated rings. The van der Waals surface area contributed by atoms with E-state index in [2.05, 4.69) is 14.9 Å². The van der Waals surface area contributed by atoms with E-state index in [1.165, 1.54) is 0 Å². The van der Waals surface area contributed by atoms with Gasteiger partial charge in [-0.05, 0) is 37.3 Å². The molecule has 1 aliphatic heterocycles. The van der Waals surface area contributed by atoms with Gasteiger partial charge < -0.3 is 19.0 Å². The summed E-state index contributed by atoms with van der Waals surface area (Å²) in [6, 6.07) is 9.34. The minimum atomic E-state index is -0.136. The molecule has 3 heterocycles. The number of imidazole rings is 1. The maximum atomic E-state index is 12.3. The Balaban J connectivity index is 1.55. The molecule has 1 aromatic carbocycles. The van der Waals surface area contributed by atoms with Gasteiger partial charge in [-0.1, -0.05) is 0 Å². The Hall–Kier alpha value is -2.60. The summed E-state index contributed by atoms with van der Waals surface area (Å²) in [4.78, 5) is 16.9. The molecule has 0 spiro atoms. The minimum Gasteiger partial charge on any atom is -0.465 e. The lowest BCUT2D eigenvalue weighted by Crippen LogP contribution is -2.22. The van der Waals surface area contributed by atoms with Crippen LogP contribution >= 0.6 is 0 Å². The zero-order valence-electron chi connectivity index (χ0n) is 12.8. The van der Waals surface area contributed by atoms with Gasteiger partial charge in [-0.25, -0.2) is 4.98 Å². The second-order valence-corrected chi connectivity index (χ2v) is 5.63. The van der Waals surface area contributed by atoms with E-state index in [1.807, 2.05) is 37.3 Å². The van der Waals surface area contributed by atoms with Crippen molar-refractivity contribution in [2.75, 3.05) is 6.61 Å². The molecule has 0 radical (unpaired) electrons. The van der Waals surface area contributed by atoms with Crippen molar-refractivity contribution >= 4 is 16.9 Å². The SMILES string of the molecule is Cc1ccc(CNC(=O)c2ccc3c(c2)nc2n3CCOC2)o1. The number of ether oxygens (including phenoxy) is 1. The summed E-state index contributed by atoms with van der Waals surface area (Å²) < 4.78 is 13.0. The first-order chi connectivity index (χ1) is 11.2. The van der Waals surface area contributed by atoms with Gasteiger partial charge in [0.25, 0.3) is 5.91 Å². The van der Waals surface area contributed by atoms with Crippen LogP contribution in [0.25, 0.3) is 11.0 Å². The normalized spacial score (nSPS) is 14.0. The number of furan rings is 1. The number of aromatic nitrogens is 2. The van der Waals surface area contributed by atoms with E-state index in [1.54, 1.807) is 0 Å². The maximum absolute atomic E-state index is 12.3. The highest BCUT2D eigenvalue weighted by molar-refractivity contribution is 5.97. The molecule has 23 heavy (non-hydrogen) atoms. The van der Waals surface area contributed by atoms with Crippen LogP contribution in [0.1, 0.15) is 27.7 Å². The van der Waals surface area contributed by atoms with Crippen molar-refractivity contribution in [3.63, 3.8) is 0 Å². The third-order valence-corrected chi connectivity index (χ3v) is 4.00. The molecule has 3 aromatic rings. The average Bonchev–Trinajstić information content (AvgIpc) is 3.15. The summed E-state index contributed by atoms with van der Waals surface area (Å²) in [5.74, 6) is 2.35. The van der Waals surface area contributed by atoms with Gasteiger partial charge in [0.05, 0.1) is 24.2 Å². The number of benzene rings is 1. The number of amides is 1. The van der Waals surface area contributed by atoms with Gasteiger partial charge in [-0.3, -0.25) is 4.79 Å². The topological polar surface area (TPSA) is 69.3 Å². The van der Waals surface area contributed by atoms with Gasteiger partial charge in [-0.2, -0.15) is 0 Å². The number of hydrogen-bond donors (Lipinski definition) is 1. The number of nitrogens with one attached hydrogen (secondary N) is 1. The van der Waals surface area contributed by atoms with E-state index >= 15 is 0 Å². The molecule has 0 unspecified atom stereocenters. The number of fused-ring (bicyclic) bond motifs is 3. The largest absolute Gasteiger partial charge is 0.465 e. The third kappa shape index (κ3) is 2.61. The first kappa shape index (κ1) is 14.0. The van der Waals surface area contributed by atoms with Gasteiger partial charge in [0.2, 0.25) is 0 Å². The van der Waals surface area contributed by atoms with Gasteiger partial charge in [0.15, 0.2) is 0 Å². The summed E-state index contributed by atoms with van der Waals surface area (Å²) in [5, 5.41) is 2.86. The first-order valence-electron chi connectivity index (χ1n) is 7.61. The zero-order valence-corrected chi connectivity index (χ0v) is 12.8. The summed E-state index contributed by atoms with van der Waals surface area (Å²) >= 11 is 0. The number of carbonyl (C=O) groups is 1. The number of aryl methyl sites for hydroxylation is 1. The van der Waals surface area contributed by atoms with Crippen molar-refractivity contribution in [3.8, 4) is 0 Å². The van der Waals surface area contributed by atoms with Crippen LogP contribution in [0.2, 0.25) is 0 Å². The van der Waals surface area contributed by atoms with Crippen LogP contribution in [0.4, 0.5) is 0 Å². The molecule has 1 N–H and O–H groups in total. The van der Waals surface area contributed by atoms with Gasteiger partial charge in [0.1, 0.15) is 24.0 Å². The standard InChI is InChI=1S/C17H17N3O3/c1-11-2-4-13(23-11)9-18-17(21)12-3-5-15-14(8-12)19-16-10-22-7-6-20(15)16/h2-5,8H,6-7,9-10H2,1H3,(H,18,21). The Morgan fingerprint density at radius 3 is 3.09 bits per heavy atom. The van der Waals surface area contributed by atoms with Crippen molar-refractivity contribution in [3.05, 3.63) is 53.2 Å². The second kappa shape index (κ2) is 5.55. The highest BCUT2D eigenvalue weighted by atomic mass is 16.5. The Labute approximate surface area is 133 Å². The van der Waals surface area contributed by atoms with E-state index in [9.17, 15) is 4.79 Å². The molecule has 0 saturated heterocycles. The van der Waals surface area contributed by atoms with E-state index in [0.29, 0.717) is 25.3 Å². The van der Waals surface area contributed by atoms with E-state index in [-0.39, 0.29) is 5.91 Å². The number of nitrogens with zero attached hydrogens (tertiary/aromatic N) is 2.